The first-order valence-electron chi connectivity index (χ1n) is 9.07. The number of benzene rings is 2. The van der Waals surface area contributed by atoms with Crippen molar-refractivity contribution in [2.75, 3.05) is 0 Å². The molecule has 1 nitrogen and oxygen atoms in total. The van der Waals surface area contributed by atoms with Crippen molar-refractivity contribution in [1.29, 1.82) is 0 Å². The van der Waals surface area contributed by atoms with Gasteiger partial charge in [-0.15, -0.1) is 0 Å². The maximum Gasteiger partial charge on any atom is 0.0270 e. The first-order chi connectivity index (χ1) is 11.8. The van der Waals surface area contributed by atoms with E-state index in [-0.39, 0.29) is 16.2 Å². The summed E-state index contributed by atoms with van der Waals surface area (Å²) in [5.74, 6) is 0. The van der Waals surface area contributed by atoms with Crippen LogP contribution >= 0.6 is 0 Å². The van der Waals surface area contributed by atoms with E-state index in [4.69, 9.17) is 5.73 Å². The van der Waals surface area contributed by atoms with E-state index < -0.39 is 0 Å². The summed E-state index contributed by atoms with van der Waals surface area (Å²) in [6.07, 6.45) is 7.58. The molecular formula is C24H29N. The molecule has 0 saturated heterocycles. The van der Waals surface area contributed by atoms with Crippen LogP contribution in [0.2, 0.25) is 0 Å². The van der Waals surface area contributed by atoms with E-state index in [1.165, 1.54) is 11.1 Å². The highest BCUT2D eigenvalue weighted by Gasteiger charge is 2.54. The van der Waals surface area contributed by atoms with Crippen LogP contribution in [-0.4, -0.2) is 0 Å². The largest absolute Gasteiger partial charge is 0.399 e. The fraction of sp³-hybridized carbons (Fsp3) is 0.333. The molecule has 0 aromatic heterocycles. The second-order valence-corrected chi connectivity index (χ2v) is 8.19. The van der Waals surface area contributed by atoms with Crippen molar-refractivity contribution in [3.63, 3.8) is 0 Å². The summed E-state index contributed by atoms with van der Waals surface area (Å²) in [5.41, 5.74) is 9.49. The van der Waals surface area contributed by atoms with Crippen molar-refractivity contribution in [2.24, 2.45) is 11.1 Å². The van der Waals surface area contributed by atoms with Gasteiger partial charge in [0.15, 0.2) is 0 Å². The smallest absolute Gasteiger partial charge is 0.0270 e. The Morgan fingerprint density at radius 3 is 1.56 bits per heavy atom. The monoisotopic (exact) mass is 331 g/mol. The van der Waals surface area contributed by atoms with E-state index in [1.807, 2.05) is 0 Å². The van der Waals surface area contributed by atoms with Crippen molar-refractivity contribution in [2.45, 2.75) is 44.9 Å². The zero-order chi connectivity index (χ0) is 18.1. The lowest BCUT2D eigenvalue weighted by molar-refractivity contribution is 0.105. The molecule has 0 radical (unpaired) electrons. The molecule has 1 heteroatoms. The fourth-order valence-corrected chi connectivity index (χ4v) is 4.59. The topological polar surface area (TPSA) is 26.0 Å². The van der Waals surface area contributed by atoms with Crippen LogP contribution in [-0.2, 0) is 10.8 Å². The van der Waals surface area contributed by atoms with Gasteiger partial charge in [0, 0.05) is 11.1 Å². The SMILES string of the molecule is CC(C)(c1ccccc1)C1(C(C)(C)c2ccccc2)C=CC(N)=CC1. The molecule has 2 aromatic carbocycles. The third kappa shape index (κ3) is 2.72. The summed E-state index contributed by atoms with van der Waals surface area (Å²) in [6.45, 7) is 9.47. The highest BCUT2D eigenvalue weighted by Crippen LogP contribution is 2.58. The molecule has 0 atom stereocenters. The van der Waals surface area contributed by atoms with Gasteiger partial charge >= 0.3 is 0 Å². The molecule has 2 N–H and O–H groups in total. The molecule has 1 aliphatic carbocycles. The molecule has 0 spiro atoms. The highest BCUT2D eigenvalue weighted by atomic mass is 14.6. The summed E-state index contributed by atoms with van der Waals surface area (Å²) < 4.78 is 0. The quantitative estimate of drug-likeness (QED) is 0.760. The van der Waals surface area contributed by atoms with Gasteiger partial charge in [0.05, 0.1) is 0 Å². The van der Waals surface area contributed by atoms with Gasteiger partial charge in [-0.3, -0.25) is 0 Å². The van der Waals surface area contributed by atoms with Crippen LogP contribution < -0.4 is 5.73 Å². The van der Waals surface area contributed by atoms with Gasteiger partial charge in [0.1, 0.15) is 0 Å². The Bertz CT molecular complexity index is 728. The van der Waals surface area contributed by atoms with E-state index in [1.54, 1.807) is 0 Å². The maximum atomic E-state index is 6.09. The Balaban J connectivity index is 2.21. The van der Waals surface area contributed by atoms with Crippen LogP contribution in [0.25, 0.3) is 0 Å². The second kappa shape index (κ2) is 6.22. The molecule has 1 aliphatic rings. The minimum atomic E-state index is -0.0778. The zero-order valence-electron chi connectivity index (χ0n) is 15.8. The summed E-state index contributed by atoms with van der Waals surface area (Å²) in [7, 11) is 0. The van der Waals surface area contributed by atoms with E-state index in [2.05, 4.69) is 107 Å². The number of hydrogen-bond donors (Lipinski definition) is 1. The first kappa shape index (κ1) is 17.5. The van der Waals surface area contributed by atoms with Crippen LogP contribution in [0, 0.1) is 5.41 Å². The lowest BCUT2D eigenvalue weighted by Crippen LogP contribution is -2.53. The molecule has 25 heavy (non-hydrogen) atoms. The Labute approximate surface area is 152 Å². The molecule has 3 rings (SSSR count). The average molecular weight is 332 g/mol. The normalized spacial score (nSPS) is 17.2. The average Bonchev–Trinajstić information content (AvgIpc) is 2.63. The third-order valence-electron chi connectivity index (χ3n) is 6.44. The fourth-order valence-electron chi connectivity index (χ4n) is 4.59. The van der Waals surface area contributed by atoms with Crippen LogP contribution in [0.3, 0.4) is 0 Å². The molecule has 0 unspecified atom stereocenters. The van der Waals surface area contributed by atoms with Gasteiger partial charge in [-0.2, -0.15) is 0 Å². The molecular weight excluding hydrogens is 302 g/mol. The molecule has 0 aliphatic heterocycles. The third-order valence-corrected chi connectivity index (χ3v) is 6.44. The maximum absolute atomic E-state index is 6.09. The predicted molar refractivity (Wildman–Crippen MR) is 107 cm³/mol. The number of nitrogens with two attached hydrogens (primary N) is 1. The van der Waals surface area contributed by atoms with Crippen molar-refractivity contribution < 1.29 is 0 Å². The van der Waals surface area contributed by atoms with Crippen LogP contribution in [0.4, 0.5) is 0 Å². The van der Waals surface area contributed by atoms with Crippen molar-refractivity contribution in [3.8, 4) is 0 Å². The van der Waals surface area contributed by atoms with Crippen LogP contribution in [0.5, 0.6) is 0 Å². The molecule has 0 amide bonds. The molecule has 130 valence electrons. The summed E-state index contributed by atoms with van der Waals surface area (Å²) >= 11 is 0. The Morgan fingerprint density at radius 1 is 0.760 bits per heavy atom. The van der Waals surface area contributed by atoms with Crippen molar-refractivity contribution >= 4 is 0 Å². The highest BCUT2D eigenvalue weighted by molar-refractivity contribution is 5.42. The molecule has 2 aromatic rings. The van der Waals surface area contributed by atoms with Gasteiger partial charge < -0.3 is 5.73 Å². The van der Waals surface area contributed by atoms with Gasteiger partial charge in [0.2, 0.25) is 0 Å². The van der Waals surface area contributed by atoms with E-state index in [9.17, 15) is 0 Å². The molecule has 0 saturated carbocycles. The molecule has 0 heterocycles. The minimum Gasteiger partial charge on any atom is -0.399 e. The molecule has 0 bridgehead atoms. The minimum absolute atomic E-state index is 0.0543. The summed E-state index contributed by atoms with van der Waals surface area (Å²) in [4.78, 5) is 0. The Kier molecular flexibility index (Phi) is 4.36. The van der Waals surface area contributed by atoms with Gasteiger partial charge in [-0.05, 0) is 34.5 Å². The van der Waals surface area contributed by atoms with Crippen molar-refractivity contribution in [3.05, 3.63) is 95.7 Å². The van der Waals surface area contributed by atoms with Crippen molar-refractivity contribution in [1.82, 2.24) is 0 Å². The number of allylic oxidation sites excluding steroid dienone is 3. The van der Waals surface area contributed by atoms with E-state index in [0.717, 1.165) is 12.1 Å². The zero-order valence-corrected chi connectivity index (χ0v) is 15.8. The second-order valence-electron chi connectivity index (χ2n) is 8.19. The van der Waals surface area contributed by atoms with Crippen LogP contribution in [0.15, 0.2) is 84.6 Å². The van der Waals surface area contributed by atoms with Gasteiger partial charge in [-0.25, -0.2) is 0 Å². The van der Waals surface area contributed by atoms with E-state index in [0.29, 0.717) is 0 Å². The van der Waals surface area contributed by atoms with Gasteiger partial charge in [0.25, 0.3) is 0 Å². The first-order valence-corrected chi connectivity index (χ1v) is 9.07. The standard InChI is InChI=1S/C24H29N/c1-22(2,19-11-7-5-8-12-19)24(17-15-21(25)16-18-24)23(3,4)20-13-9-6-10-14-20/h5-17H,18,25H2,1-4H3. The van der Waals surface area contributed by atoms with Gasteiger partial charge in [-0.1, -0.05) is 101 Å². The number of rotatable bonds is 4. The van der Waals surface area contributed by atoms with E-state index >= 15 is 0 Å². The lowest BCUT2D eigenvalue weighted by Gasteiger charge is -2.56. The lowest BCUT2D eigenvalue weighted by atomic mass is 9.47. The number of hydrogen-bond acceptors (Lipinski definition) is 1. The molecule has 0 fully saturated rings. The van der Waals surface area contributed by atoms with Crippen LogP contribution in [0.1, 0.15) is 45.2 Å². The summed E-state index contributed by atoms with van der Waals surface area (Å²) in [5, 5.41) is 0. The Morgan fingerprint density at radius 2 is 1.20 bits per heavy atom. The predicted octanol–water partition coefficient (Wildman–Crippen LogP) is 5.73. The Hall–Kier alpha value is -2.28. The summed E-state index contributed by atoms with van der Waals surface area (Å²) in [6, 6.07) is 21.7.